The lowest BCUT2D eigenvalue weighted by atomic mass is 10.1. The number of nitrogens with one attached hydrogen (secondary N) is 1. The largest absolute Gasteiger partial charge is 0.354 e. The Morgan fingerprint density at radius 3 is 2.42 bits per heavy atom. The van der Waals surface area contributed by atoms with Gasteiger partial charge in [0.1, 0.15) is 5.03 Å². The first-order valence-corrected chi connectivity index (χ1v) is 11.7. The molecule has 0 spiro atoms. The van der Waals surface area contributed by atoms with Crippen molar-refractivity contribution in [1.82, 2.24) is 9.97 Å². The van der Waals surface area contributed by atoms with Gasteiger partial charge >= 0.3 is 0 Å². The van der Waals surface area contributed by atoms with E-state index in [4.69, 9.17) is 9.97 Å². The molecule has 1 aromatic heterocycles. The molecule has 1 amide bonds. The summed E-state index contributed by atoms with van der Waals surface area (Å²) in [4.78, 5) is 24.9. The van der Waals surface area contributed by atoms with E-state index in [-0.39, 0.29) is 11.7 Å². The zero-order valence-electron chi connectivity index (χ0n) is 17.3. The Morgan fingerprint density at radius 2 is 1.58 bits per heavy atom. The van der Waals surface area contributed by atoms with Gasteiger partial charge in [0.05, 0.1) is 16.8 Å². The Bertz CT molecular complexity index is 1230. The molecule has 0 atom stereocenters. The van der Waals surface area contributed by atoms with Gasteiger partial charge in [-0.1, -0.05) is 60.3 Å². The number of aromatic nitrogens is 2. The zero-order chi connectivity index (χ0) is 21.0. The first-order valence-electron chi connectivity index (χ1n) is 10.7. The van der Waals surface area contributed by atoms with Crippen LogP contribution in [0.1, 0.15) is 19.3 Å². The molecular formula is C25H24N4OS. The maximum atomic E-state index is 12.8. The van der Waals surface area contributed by atoms with Crippen molar-refractivity contribution in [2.24, 2.45) is 0 Å². The normalized spacial score (nSPS) is 14.1. The summed E-state index contributed by atoms with van der Waals surface area (Å²) in [7, 11) is 0. The van der Waals surface area contributed by atoms with Gasteiger partial charge in [-0.3, -0.25) is 4.79 Å². The van der Waals surface area contributed by atoms with E-state index >= 15 is 0 Å². The molecule has 0 aliphatic carbocycles. The van der Waals surface area contributed by atoms with E-state index in [9.17, 15) is 4.79 Å². The van der Waals surface area contributed by atoms with Crippen LogP contribution >= 0.6 is 11.8 Å². The molecule has 0 bridgehead atoms. The molecular weight excluding hydrogens is 404 g/mol. The van der Waals surface area contributed by atoms with E-state index in [1.165, 1.54) is 31.0 Å². The minimum absolute atomic E-state index is 0.0408. The van der Waals surface area contributed by atoms with Crippen molar-refractivity contribution >= 4 is 51.0 Å². The van der Waals surface area contributed by atoms with Crippen molar-refractivity contribution in [2.45, 2.75) is 24.3 Å². The summed E-state index contributed by atoms with van der Waals surface area (Å²) in [5, 5.41) is 6.05. The van der Waals surface area contributed by atoms with Gasteiger partial charge in [0.25, 0.3) is 0 Å². The van der Waals surface area contributed by atoms with Crippen LogP contribution in [-0.4, -0.2) is 34.7 Å². The van der Waals surface area contributed by atoms with Gasteiger partial charge in [0.15, 0.2) is 5.82 Å². The first kappa shape index (κ1) is 19.8. The van der Waals surface area contributed by atoms with Gasteiger partial charge in [-0.05, 0) is 42.8 Å². The van der Waals surface area contributed by atoms with Crippen LogP contribution in [0.5, 0.6) is 0 Å². The highest BCUT2D eigenvalue weighted by Crippen LogP contribution is 2.31. The minimum Gasteiger partial charge on any atom is -0.354 e. The number of benzene rings is 3. The fourth-order valence-corrected chi connectivity index (χ4v) is 4.84. The van der Waals surface area contributed by atoms with Crippen LogP contribution in [0.2, 0.25) is 0 Å². The second-order valence-electron chi connectivity index (χ2n) is 7.75. The molecule has 2 heterocycles. The van der Waals surface area contributed by atoms with Crippen LogP contribution in [0.25, 0.3) is 21.8 Å². The Morgan fingerprint density at radius 1 is 0.871 bits per heavy atom. The van der Waals surface area contributed by atoms with Crippen molar-refractivity contribution in [3.8, 4) is 0 Å². The van der Waals surface area contributed by atoms with E-state index < -0.39 is 0 Å². The number of anilines is 2. The second kappa shape index (κ2) is 8.94. The van der Waals surface area contributed by atoms with Gasteiger partial charge in [0.2, 0.25) is 5.91 Å². The summed E-state index contributed by atoms with van der Waals surface area (Å²) in [5.74, 6) is 1.15. The van der Waals surface area contributed by atoms with Crippen molar-refractivity contribution in [3.05, 3.63) is 66.7 Å². The minimum atomic E-state index is -0.0408. The molecule has 1 aliphatic rings. The molecule has 1 fully saturated rings. The fourth-order valence-electron chi connectivity index (χ4n) is 4.04. The molecule has 1 aliphatic heterocycles. The van der Waals surface area contributed by atoms with Crippen LogP contribution in [0.4, 0.5) is 11.5 Å². The van der Waals surface area contributed by atoms with Crippen molar-refractivity contribution in [2.75, 3.05) is 29.1 Å². The summed E-state index contributed by atoms with van der Waals surface area (Å²) >= 11 is 1.46. The highest BCUT2D eigenvalue weighted by Gasteiger charge is 2.19. The molecule has 31 heavy (non-hydrogen) atoms. The number of hydrogen-bond acceptors (Lipinski definition) is 5. The lowest BCUT2D eigenvalue weighted by molar-refractivity contribution is -0.113. The average molecular weight is 429 g/mol. The van der Waals surface area contributed by atoms with Gasteiger partial charge in [-0.25, -0.2) is 9.97 Å². The van der Waals surface area contributed by atoms with Gasteiger partial charge < -0.3 is 10.2 Å². The van der Waals surface area contributed by atoms with E-state index in [0.717, 1.165) is 51.4 Å². The molecule has 156 valence electrons. The number of carbonyl (C=O) groups excluding carboxylic acids is 1. The quantitative estimate of drug-likeness (QED) is 0.425. The van der Waals surface area contributed by atoms with Gasteiger partial charge in [-0.2, -0.15) is 0 Å². The highest BCUT2D eigenvalue weighted by atomic mass is 32.2. The third-order valence-corrected chi connectivity index (χ3v) is 6.53. The highest BCUT2D eigenvalue weighted by molar-refractivity contribution is 8.00. The first-order chi connectivity index (χ1) is 15.3. The second-order valence-corrected chi connectivity index (χ2v) is 8.72. The number of hydrogen-bond donors (Lipinski definition) is 1. The number of thioether (sulfide) groups is 1. The lowest BCUT2D eigenvalue weighted by Crippen LogP contribution is -2.31. The third kappa shape index (κ3) is 4.35. The molecule has 4 aromatic rings. The molecule has 1 N–H and O–H groups in total. The summed E-state index contributed by atoms with van der Waals surface area (Å²) in [6, 6.07) is 22.0. The average Bonchev–Trinajstić information content (AvgIpc) is 2.83. The topological polar surface area (TPSA) is 58.1 Å². The summed E-state index contributed by atoms with van der Waals surface area (Å²) in [6.45, 7) is 1.98. The Labute approximate surface area is 185 Å². The van der Waals surface area contributed by atoms with Gasteiger partial charge in [0, 0.05) is 24.2 Å². The van der Waals surface area contributed by atoms with Crippen molar-refractivity contribution < 1.29 is 4.79 Å². The van der Waals surface area contributed by atoms with Crippen LogP contribution in [0.3, 0.4) is 0 Å². The van der Waals surface area contributed by atoms with Crippen LogP contribution in [-0.2, 0) is 4.79 Å². The molecule has 0 saturated carbocycles. The summed E-state index contributed by atoms with van der Waals surface area (Å²) in [5.41, 5.74) is 2.59. The fraction of sp³-hybridized carbons (Fsp3) is 0.240. The number of rotatable bonds is 5. The Kier molecular flexibility index (Phi) is 5.71. The Balaban J connectivity index is 1.37. The molecule has 6 heteroatoms. The number of amides is 1. The maximum Gasteiger partial charge on any atom is 0.234 e. The van der Waals surface area contributed by atoms with Gasteiger partial charge in [-0.15, -0.1) is 0 Å². The third-order valence-electron chi connectivity index (χ3n) is 5.58. The number of piperidine rings is 1. The van der Waals surface area contributed by atoms with Crippen molar-refractivity contribution in [3.63, 3.8) is 0 Å². The number of fused-ring (bicyclic) bond motifs is 2. The summed E-state index contributed by atoms with van der Waals surface area (Å²) < 4.78 is 0. The molecule has 0 radical (unpaired) electrons. The molecule has 5 nitrogen and oxygen atoms in total. The van der Waals surface area contributed by atoms with E-state index in [2.05, 4.69) is 22.3 Å². The predicted molar refractivity (Wildman–Crippen MR) is 129 cm³/mol. The maximum absolute atomic E-state index is 12.8. The molecule has 0 unspecified atom stereocenters. The number of carbonyl (C=O) groups is 1. The van der Waals surface area contributed by atoms with Crippen LogP contribution in [0, 0.1) is 0 Å². The number of nitrogens with zero attached hydrogens (tertiary/aromatic N) is 3. The summed E-state index contributed by atoms with van der Waals surface area (Å²) in [6.07, 6.45) is 3.59. The molecule has 5 rings (SSSR count). The van der Waals surface area contributed by atoms with Crippen LogP contribution in [0.15, 0.2) is 71.8 Å². The van der Waals surface area contributed by atoms with Crippen molar-refractivity contribution in [1.29, 1.82) is 0 Å². The Hall–Kier alpha value is -3.12. The van der Waals surface area contributed by atoms with E-state index in [0.29, 0.717) is 0 Å². The molecule has 1 saturated heterocycles. The SMILES string of the molecule is O=C(CSc1nc2ccccc2nc1N1CCCCC1)Nc1cccc2ccccc12. The lowest BCUT2D eigenvalue weighted by Gasteiger charge is -2.29. The van der Waals surface area contributed by atoms with E-state index in [1.807, 2.05) is 54.6 Å². The van der Waals surface area contributed by atoms with Crippen LogP contribution < -0.4 is 10.2 Å². The zero-order valence-corrected chi connectivity index (χ0v) is 18.1. The number of para-hydroxylation sites is 2. The standard InChI is InChI=1S/C25H24N4OS/c30-23(26-20-14-8-10-18-9-2-3-11-19(18)20)17-31-25-24(29-15-6-1-7-16-29)27-21-12-4-5-13-22(21)28-25/h2-5,8-14H,1,6-7,15-17H2,(H,26,30). The monoisotopic (exact) mass is 428 g/mol. The predicted octanol–water partition coefficient (Wildman–Crippen LogP) is 5.50. The molecule has 3 aromatic carbocycles. The van der Waals surface area contributed by atoms with E-state index in [1.54, 1.807) is 0 Å². The smallest absolute Gasteiger partial charge is 0.234 e.